The first-order valence-electron chi connectivity index (χ1n) is 6.10. The van der Waals surface area contributed by atoms with Gasteiger partial charge in [-0.3, -0.25) is 4.79 Å². The summed E-state index contributed by atoms with van der Waals surface area (Å²) in [6, 6.07) is 2.45. The van der Waals surface area contributed by atoms with E-state index in [1.807, 2.05) is 0 Å². The summed E-state index contributed by atoms with van der Waals surface area (Å²) < 4.78 is 13.0. The summed E-state index contributed by atoms with van der Waals surface area (Å²) in [4.78, 5) is 35.2. The molecule has 3 N–H and O–H groups in total. The smallest absolute Gasteiger partial charge is 0.337 e. The fourth-order valence-corrected chi connectivity index (χ4v) is 1.51. The minimum absolute atomic E-state index is 0.0132. The molecule has 0 aromatic heterocycles. The first-order valence-corrected chi connectivity index (χ1v) is 6.10. The maximum absolute atomic E-state index is 13.0. The molecule has 0 aliphatic heterocycles. The molecule has 21 heavy (non-hydrogen) atoms. The second-order valence-electron chi connectivity index (χ2n) is 4.27. The molecule has 0 aliphatic rings. The van der Waals surface area contributed by atoms with E-state index in [9.17, 15) is 18.8 Å². The summed E-state index contributed by atoms with van der Waals surface area (Å²) in [5.74, 6) is -2.28. The highest BCUT2D eigenvalue weighted by Gasteiger charge is 2.16. The molecular formula is C13H16FN3O4. The Kier molecular flexibility index (Phi) is 5.65. The average Bonchev–Trinajstić information content (AvgIpc) is 2.45. The number of hydrogen-bond donors (Lipinski definition) is 3. The molecule has 7 nitrogen and oxygen atoms in total. The number of carbonyl (C=O) groups excluding carboxylic acids is 2. The van der Waals surface area contributed by atoms with Crippen LogP contribution in [0, 0.1) is 5.82 Å². The maximum atomic E-state index is 13.0. The number of aromatic carboxylic acids is 1. The van der Waals surface area contributed by atoms with Crippen LogP contribution in [0.2, 0.25) is 0 Å². The Bertz CT molecular complexity index is 562. The Balaban J connectivity index is 2.74. The molecule has 0 unspecified atom stereocenters. The highest BCUT2D eigenvalue weighted by molar-refractivity contribution is 6.00. The zero-order valence-corrected chi connectivity index (χ0v) is 11.6. The van der Waals surface area contributed by atoms with Crippen LogP contribution in [0.1, 0.15) is 16.8 Å². The molecule has 0 spiro atoms. The summed E-state index contributed by atoms with van der Waals surface area (Å²) in [7, 11) is 2.95. The fraction of sp³-hybridized carbons (Fsp3) is 0.308. The number of nitrogens with one attached hydrogen (secondary N) is 2. The van der Waals surface area contributed by atoms with Gasteiger partial charge in [0.25, 0.3) is 0 Å². The van der Waals surface area contributed by atoms with Crippen LogP contribution in [0.4, 0.5) is 14.9 Å². The van der Waals surface area contributed by atoms with Crippen LogP contribution < -0.4 is 10.6 Å². The summed E-state index contributed by atoms with van der Waals surface area (Å²) in [5.41, 5.74) is -0.358. The van der Waals surface area contributed by atoms with Crippen LogP contribution in [0.3, 0.4) is 0 Å². The predicted molar refractivity (Wildman–Crippen MR) is 73.7 cm³/mol. The second-order valence-corrected chi connectivity index (χ2v) is 4.27. The number of benzene rings is 1. The Morgan fingerprint density at radius 1 is 1.33 bits per heavy atom. The number of nitrogens with zero attached hydrogens (tertiary/aromatic N) is 1. The number of carboxylic acids is 1. The van der Waals surface area contributed by atoms with Crippen molar-refractivity contribution in [3.8, 4) is 0 Å². The highest BCUT2D eigenvalue weighted by Crippen LogP contribution is 2.17. The van der Waals surface area contributed by atoms with Gasteiger partial charge in [-0.15, -0.1) is 0 Å². The van der Waals surface area contributed by atoms with Crippen LogP contribution in [0.15, 0.2) is 18.2 Å². The zero-order valence-electron chi connectivity index (χ0n) is 11.6. The second kappa shape index (κ2) is 7.22. The largest absolute Gasteiger partial charge is 0.478 e. The molecule has 8 heteroatoms. The van der Waals surface area contributed by atoms with Gasteiger partial charge >= 0.3 is 12.0 Å². The molecule has 0 saturated carbocycles. The Morgan fingerprint density at radius 3 is 2.57 bits per heavy atom. The van der Waals surface area contributed by atoms with Gasteiger partial charge in [0.1, 0.15) is 5.82 Å². The van der Waals surface area contributed by atoms with Crippen LogP contribution in [-0.4, -0.2) is 48.6 Å². The monoisotopic (exact) mass is 297 g/mol. The van der Waals surface area contributed by atoms with Gasteiger partial charge in [-0.25, -0.2) is 14.0 Å². The molecule has 0 atom stereocenters. The van der Waals surface area contributed by atoms with Crippen LogP contribution >= 0.6 is 0 Å². The van der Waals surface area contributed by atoms with Crippen molar-refractivity contribution in [1.29, 1.82) is 0 Å². The van der Waals surface area contributed by atoms with E-state index in [0.29, 0.717) is 0 Å². The predicted octanol–water partition coefficient (Wildman–Crippen LogP) is 1.12. The van der Waals surface area contributed by atoms with Gasteiger partial charge in [-0.05, 0) is 18.2 Å². The Labute approximate surface area is 120 Å². The summed E-state index contributed by atoms with van der Waals surface area (Å²) in [6.07, 6.45) is 0.121. The van der Waals surface area contributed by atoms with Crippen molar-refractivity contribution in [3.05, 3.63) is 29.6 Å². The van der Waals surface area contributed by atoms with Gasteiger partial charge < -0.3 is 20.6 Å². The van der Waals surface area contributed by atoms with Gasteiger partial charge in [0.15, 0.2) is 0 Å². The Morgan fingerprint density at radius 2 is 2.00 bits per heavy atom. The van der Waals surface area contributed by atoms with Crippen LogP contribution in [0.25, 0.3) is 0 Å². The molecule has 0 saturated heterocycles. The highest BCUT2D eigenvalue weighted by atomic mass is 19.1. The standard InChI is InChI=1S/C13H16FN3O4/c1-15-11(18)5-6-17(2)13(21)16-10-4-3-8(14)7-9(10)12(19)20/h3-4,7H,5-6H2,1-2H3,(H,15,18)(H,16,21)(H,19,20). The average molecular weight is 297 g/mol. The number of amides is 3. The van der Waals surface area contributed by atoms with E-state index in [1.165, 1.54) is 25.1 Å². The van der Waals surface area contributed by atoms with E-state index in [-0.39, 0.29) is 30.1 Å². The fourth-order valence-electron chi connectivity index (χ4n) is 1.51. The molecule has 0 fully saturated rings. The third-order valence-corrected chi connectivity index (χ3v) is 2.75. The number of urea groups is 1. The number of halogens is 1. The minimum Gasteiger partial charge on any atom is -0.478 e. The van der Waals surface area contributed by atoms with Crippen molar-refractivity contribution in [3.63, 3.8) is 0 Å². The lowest BCUT2D eigenvalue weighted by molar-refractivity contribution is -0.120. The SMILES string of the molecule is CNC(=O)CCN(C)C(=O)Nc1ccc(F)cc1C(=O)O. The van der Waals surface area contributed by atoms with Crippen molar-refractivity contribution >= 4 is 23.6 Å². The van der Waals surface area contributed by atoms with Crippen LogP contribution in [0.5, 0.6) is 0 Å². The molecule has 0 aliphatic carbocycles. The van der Waals surface area contributed by atoms with Gasteiger partial charge in [0, 0.05) is 27.1 Å². The lowest BCUT2D eigenvalue weighted by atomic mass is 10.1. The lowest BCUT2D eigenvalue weighted by Gasteiger charge is -2.18. The van der Waals surface area contributed by atoms with E-state index in [4.69, 9.17) is 5.11 Å². The maximum Gasteiger partial charge on any atom is 0.337 e. The molecule has 1 aromatic carbocycles. The van der Waals surface area contributed by atoms with Crippen molar-refractivity contribution < 1.29 is 23.9 Å². The zero-order chi connectivity index (χ0) is 16.0. The first-order chi connectivity index (χ1) is 9.85. The van der Waals surface area contributed by atoms with Gasteiger partial charge in [-0.1, -0.05) is 0 Å². The van der Waals surface area contributed by atoms with Gasteiger partial charge in [-0.2, -0.15) is 0 Å². The summed E-state index contributed by atoms with van der Waals surface area (Å²) >= 11 is 0. The number of anilines is 1. The van der Waals surface area contributed by atoms with Crippen LogP contribution in [-0.2, 0) is 4.79 Å². The van der Waals surface area contributed by atoms with E-state index >= 15 is 0 Å². The number of hydrogen-bond acceptors (Lipinski definition) is 3. The topological polar surface area (TPSA) is 98.7 Å². The molecule has 114 valence electrons. The quantitative estimate of drug-likeness (QED) is 0.758. The molecule has 0 radical (unpaired) electrons. The molecule has 0 bridgehead atoms. The number of carboxylic acid groups (broad SMARTS) is 1. The molecule has 1 aromatic rings. The molecule has 0 heterocycles. The number of carbonyl (C=O) groups is 3. The first kappa shape index (κ1) is 16.4. The van der Waals surface area contributed by atoms with Crippen molar-refractivity contribution in [2.75, 3.05) is 26.0 Å². The number of rotatable bonds is 5. The van der Waals surface area contributed by atoms with Crippen molar-refractivity contribution in [1.82, 2.24) is 10.2 Å². The third kappa shape index (κ3) is 4.75. The van der Waals surface area contributed by atoms with E-state index in [1.54, 1.807) is 0 Å². The van der Waals surface area contributed by atoms with E-state index < -0.39 is 17.8 Å². The Hall–Kier alpha value is -2.64. The van der Waals surface area contributed by atoms with E-state index in [2.05, 4.69) is 10.6 Å². The van der Waals surface area contributed by atoms with Crippen molar-refractivity contribution in [2.24, 2.45) is 0 Å². The summed E-state index contributed by atoms with van der Waals surface area (Å²) in [5, 5.41) is 13.8. The molecule has 3 amide bonds. The third-order valence-electron chi connectivity index (χ3n) is 2.75. The summed E-state index contributed by atoms with van der Waals surface area (Å²) in [6.45, 7) is 0.162. The van der Waals surface area contributed by atoms with E-state index in [0.717, 1.165) is 12.1 Å². The van der Waals surface area contributed by atoms with Crippen molar-refractivity contribution in [2.45, 2.75) is 6.42 Å². The minimum atomic E-state index is -1.35. The molecule has 1 rings (SSSR count). The van der Waals surface area contributed by atoms with Gasteiger partial charge in [0.2, 0.25) is 5.91 Å². The van der Waals surface area contributed by atoms with Gasteiger partial charge in [0.05, 0.1) is 11.3 Å². The normalized spacial score (nSPS) is 9.86. The lowest BCUT2D eigenvalue weighted by Crippen LogP contribution is -2.34. The molecular weight excluding hydrogens is 281 g/mol.